The van der Waals surface area contributed by atoms with Crippen molar-refractivity contribution in [1.29, 1.82) is 0 Å². The first kappa shape index (κ1) is 8.81. The largest absolute Gasteiger partial charge is 0.354 e. The molecule has 1 amide bonds. The zero-order valence-electron chi connectivity index (χ0n) is 5.94. The van der Waals surface area contributed by atoms with Gasteiger partial charge in [-0.25, -0.2) is 4.39 Å². The third-order valence-corrected chi connectivity index (χ3v) is 0.923. The molecule has 0 saturated heterocycles. The van der Waals surface area contributed by atoms with Crippen LogP contribution < -0.4 is 5.32 Å². The minimum Gasteiger partial charge on any atom is -0.354 e. The number of carbonyl (C=O) groups excluding carboxylic acids is 1. The van der Waals surface area contributed by atoms with Crippen molar-refractivity contribution in [1.82, 2.24) is 5.32 Å². The molecule has 0 aromatic heterocycles. The normalized spacial score (nSPS) is 10.9. The molecule has 0 radical (unpaired) electrons. The number of carbonyl (C=O) groups is 1. The van der Waals surface area contributed by atoms with Crippen molar-refractivity contribution < 1.29 is 9.18 Å². The van der Waals surface area contributed by atoms with Crippen LogP contribution in [0.1, 0.15) is 0 Å². The van der Waals surface area contributed by atoms with Crippen LogP contribution in [-0.2, 0) is 4.79 Å². The Morgan fingerprint density at radius 1 is 1.70 bits per heavy atom. The molecule has 0 aromatic carbocycles. The molecule has 0 rings (SSSR count). The third-order valence-electron chi connectivity index (χ3n) is 0.923. The Hall–Kier alpha value is -1.19. The van der Waals surface area contributed by atoms with Crippen molar-refractivity contribution in [2.24, 2.45) is 4.99 Å². The van der Waals surface area contributed by atoms with E-state index in [-0.39, 0.29) is 5.71 Å². The highest BCUT2D eigenvalue weighted by Gasteiger charge is 2.10. The smallest absolute Gasteiger partial charge is 0.272 e. The van der Waals surface area contributed by atoms with Gasteiger partial charge in [-0.2, -0.15) is 0 Å². The van der Waals surface area contributed by atoms with Gasteiger partial charge in [0.2, 0.25) is 0 Å². The number of nitrogens with zero attached hydrogens (tertiary/aromatic N) is 1. The second-order valence-corrected chi connectivity index (χ2v) is 1.56. The van der Waals surface area contributed by atoms with Crippen molar-refractivity contribution in [3.63, 3.8) is 0 Å². The molecule has 0 aliphatic rings. The van der Waals surface area contributed by atoms with Crippen molar-refractivity contribution >= 4 is 11.6 Å². The van der Waals surface area contributed by atoms with Gasteiger partial charge in [0.05, 0.1) is 0 Å². The summed E-state index contributed by atoms with van der Waals surface area (Å²) in [7, 11) is 2.73. The third kappa shape index (κ3) is 1.97. The van der Waals surface area contributed by atoms with Crippen LogP contribution in [0.15, 0.2) is 17.4 Å². The molecule has 56 valence electrons. The summed E-state index contributed by atoms with van der Waals surface area (Å²) in [5, 5.41) is 2.23. The van der Waals surface area contributed by atoms with E-state index in [0.29, 0.717) is 0 Å². The van der Waals surface area contributed by atoms with Crippen LogP contribution in [0.3, 0.4) is 0 Å². The Balaban J connectivity index is 4.39. The molecule has 0 aliphatic heterocycles. The number of halogens is 1. The summed E-state index contributed by atoms with van der Waals surface area (Å²) in [5.41, 5.74) is -0.262. The highest BCUT2D eigenvalue weighted by atomic mass is 19.1. The number of aliphatic imine (C=N–C) groups is 1. The number of nitrogens with one attached hydrogen (secondary N) is 1. The van der Waals surface area contributed by atoms with Crippen molar-refractivity contribution in [2.75, 3.05) is 14.1 Å². The maximum Gasteiger partial charge on any atom is 0.272 e. The number of hydrogen-bond acceptors (Lipinski definition) is 2. The lowest BCUT2D eigenvalue weighted by atomic mass is 10.3. The first-order chi connectivity index (χ1) is 4.63. The number of rotatable bonds is 2. The second-order valence-electron chi connectivity index (χ2n) is 1.56. The quantitative estimate of drug-likeness (QED) is 0.556. The Labute approximate surface area is 58.6 Å². The summed E-state index contributed by atoms with van der Waals surface area (Å²) >= 11 is 0. The van der Waals surface area contributed by atoms with E-state index in [1.54, 1.807) is 0 Å². The fourth-order valence-corrected chi connectivity index (χ4v) is 0.464. The van der Waals surface area contributed by atoms with Crippen LogP contribution in [0.4, 0.5) is 4.39 Å². The van der Waals surface area contributed by atoms with E-state index >= 15 is 0 Å². The van der Waals surface area contributed by atoms with Crippen LogP contribution in [-0.4, -0.2) is 25.7 Å². The van der Waals surface area contributed by atoms with Crippen LogP contribution >= 0.6 is 0 Å². The summed E-state index contributed by atoms with van der Waals surface area (Å²) in [6, 6.07) is 0. The van der Waals surface area contributed by atoms with E-state index in [0.717, 1.165) is 0 Å². The molecule has 10 heavy (non-hydrogen) atoms. The van der Waals surface area contributed by atoms with Crippen molar-refractivity contribution in [3.8, 4) is 0 Å². The fraction of sp³-hybridized carbons (Fsp3) is 0.333. The van der Waals surface area contributed by atoms with Crippen molar-refractivity contribution in [2.45, 2.75) is 0 Å². The highest BCUT2D eigenvalue weighted by Crippen LogP contribution is 1.95. The average Bonchev–Trinajstić information content (AvgIpc) is 1.88. The van der Waals surface area contributed by atoms with Gasteiger partial charge in [-0.1, -0.05) is 6.58 Å². The maximum atomic E-state index is 12.2. The lowest BCUT2D eigenvalue weighted by molar-refractivity contribution is -0.114. The molecule has 3 nitrogen and oxygen atoms in total. The number of hydrogen-bond donors (Lipinski definition) is 1. The standard InChI is InChI=1S/C6H9FN2O/c1-4(7)5(8-2)6(10)9-3/h1H2,2-3H3,(H,9,10)/b8-5+. The average molecular weight is 144 g/mol. The molecule has 0 spiro atoms. The van der Waals surface area contributed by atoms with E-state index in [1.165, 1.54) is 14.1 Å². The van der Waals surface area contributed by atoms with Gasteiger partial charge in [0.25, 0.3) is 5.91 Å². The van der Waals surface area contributed by atoms with Gasteiger partial charge in [0, 0.05) is 14.1 Å². The summed E-state index contributed by atoms with van der Waals surface area (Å²) in [6.45, 7) is 2.94. The first-order valence-corrected chi connectivity index (χ1v) is 2.67. The van der Waals surface area contributed by atoms with Gasteiger partial charge in [-0.05, 0) is 0 Å². The highest BCUT2D eigenvalue weighted by molar-refractivity contribution is 6.44. The Bertz CT molecular complexity index is 186. The molecule has 0 fully saturated rings. The second kappa shape index (κ2) is 3.76. The molecule has 4 heteroatoms. The summed E-state index contributed by atoms with van der Waals surface area (Å²) in [6.07, 6.45) is 0. The van der Waals surface area contributed by atoms with Crippen LogP contribution in [0.25, 0.3) is 0 Å². The summed E-state index contributed by atoms with van der Waals surface area (Å²) in [4.78, 5) is 14.0. The first-order valence-electron chi connectivity index (χ1n) is 2.67. The predicted octanol–water partition coefficient (Wildman–Crippen LogP) is 0.286. The SMILES string of the molecule is C=C(F)/C(=N\C)C(=O)NC. The van der Waals surface area contributed by atoms with Gasteiger partial charge in [0.15, 0.2) is 5.71 Å². The number of amides is 1. The molecular formula is C6H9FN2O. The lowest BCUT2D eigenvalue weighted by Gasteiger charge is -1.97. The van der Waals surface area contributed by atoms with Gasteiger partial charge < -0.3 is 5.32 Å². The van der Waals surface area contributed by atoms with E-state index in [9.17, 15) is 9.18 Å². The van der Waals surface area contributed by atoms with Gasteiger partial charge >= 0.3 is 0 Å². The Morgan fingerprint density at radius 2 is 2.20 bits per heavy atom. The van der Waals surface area contributed by atoms with Crippen LogP contribution in [0.2, 0.25) is 0 Å². The predicted molar refractivity (Wildman–Crippen MR) is 37.7 cm³/mol. The Kier molecular flexibility index (Phi) is 3.32. The van der Waals surface area contributed by atoms with E-state index in [4.69, 9.17) is 0 Å². The minimum absolute atomic E-state index is 0.262. The van der Waals surface area contributed by atoms with Crippen LogP contribution in [0, 0.1) is 0 Å². The molecule has 1 N–H and O–H groups in total. The van der Waals surface area contributed by atoms with Gasteiger partial charge in [-0.15, -0.1) is 0 Å². The lowest BCUT2D eigenvalue weighted by Crippen LogP contribution is -2.27. The maximum absolute atomic E-state index is 12.2. The Morgan fingerprint density at radius 3 is 2.30 bits per heavy atom. The molecule has 0 saturated carbocycles. The molecule has 0 aliphatic carbocycles. The molecule has 0 heterocycles. The molecule has 0 aromatic rings. The van der Waals surface area contributed by atoms with E-state index in [1.807, 2.05) is 0 Å². The monoisotopic (exact) mass is 144 g/mol. The molecule has 0 atom stereocenters. The zero-order chi connectivity index (χ0) is 8.15. The summed E-state index contributed by atoms with van der Waals surface area (Å²) in [5.74, 6) is -1.38. The minimum atomic E-state index is -0.818. The topological polar surface area (TPSA) is 41.5 Å². The molecule has 0 bridgehead atoms. The van der Waals surface area contributed by atoms with Gasteiger partial charge in [-0.3, -0.25) is 9.79 Å². The van der Waals surface area contributed by atoms with Crippen LogP contribution in [0.5, 0.6) is 0 Å². The fourth-order valence-electron chi connectivity index (χ4n) is 0.464. The van der Waals surface area contributed by atoms with E-state index < -0.39 is 11.7 Å². The summed E-state index contributed by atoms with van der Waals surface area (Å²) < 4.78 is 12.2. The van der Waals surface area contributed by atoms with E-state index in [2.05, 4.69) is 16.9 Å². The van der Waals surface area contributed by atoms with Gasteiger partial charge in [0.1, 0.15) is 5.83 Å². The zero-order valence-corrected chi connectivity index (χ0v) is 5.94. The molecule has 0 unspecified atom stereocenters. The van der Waals surface area contributed by atoms with Crippen molar-refractivity contribution in [3.05, 3.63) is 12.4 Å². The molecular weight excluding hydrogens is 135 g/mol.